The maximum Gasteiger partial charge on any atom is 0.325 e. The van der Waals surface area contributed by atoms with Gasteiger partial charge in [0, 0.05) is 18.6 Å². The third kappa shape index (κ3) is 2.13. The lowest BCUT2D eigenvalue weighted by Gasteiger charge is -2.45. The Labute approximate surface area is 106 Å². The van der Waals surface area contributed by atoms with Crippen LogP contribution in [0.1, 0.15) is 13.3 Å². The molecule has 2 aliphatic rings. The highest BCUT2D eigenvalue weighted by Gasteiger charge is 2.54. The summed E-state index contributed by atoms with van der Waals surface area (Å²) in [5.74, 6) is -0.578. The van der Waals surface area contributed by atoms with Crippen molar-refractivity contribution in [2.45, 2.75) is 36.8 Å². The van der Waals surface area contributed by atoms with E-state index in [4.69, 9.17) is 10.5 Å². The van der Waals surface area contributed by atoms with Gasteiger partial charge in [0.05, 0.1) is 19.3 Å². The summed E-state index contributed by atoms with van der Waals surface area (Å²) >= 11 is 0. The number of methoxy groups -OCH3 is 1. The van der Waals surface area contributed by atoms with Crippen LogP contribution >= 0.6 is 0 Å². The van der Waals surface area contributed by atoms with Gasteiger partial charge in [-0.3, -0.25) is 4.79 Å². The number of hydrogen-bond donors (Lipinski definition) is 2. The minimum atomic E-state index is -3.79. The minimum Gasteiger partial charge on any atom is -0.468 e. The Kier molecular flexibility index (Phi) is 3.63. The molecule has 0 radical (unpaired) electrons. The third-order valence-corrected chi connectivity index (χ3v) is 5.47. The van der Waals surface area contributed by atoms with E-state index in [9.17, 15) is 13.2 Å². The SMILES string of the molecule is COC(=O)C(C)S(=O)(=O)NC1C(N)C2CCOC21. The van der Waals surface area contributed by atoms with Crippen LogP contribution in [0.3, 0.4) is 0 Å². The molecule has 18 heavy (non-hydrogen) atoms. The van der Waals surface area contributed by atoms with E-state index >= 15 is 0 Å². The molecule has 3 N–H and O–H groups in total. The number of esters is 1. The van der Waals surface area contributed by atoms with Crippen LogP contribution in [0.5, 0.6) is 0 Å². The zero-order chi connectivity index (χ0) is 13.5. The van der Waals surface area contributed by atoms with Gasteiger partial charge in [-0.05, 0) is 13.3 Å². The average Bonchev–Trinajstić information content (AvgIpc) is 2.78. The minimum absolute atomic E-state index is 0.167. The maximum atomic E-state index is 11.9. The smallest absolute Gasteiger partial charge is 0.325 e. The van der Waals surface area contributed by atoms with Crippen molar-refractivity contribution in [1.29, 1.82) is 0 Å². The van der Waals surface area contributed by atoms with Gasteiger partial charge in [0.1, 0.15) is 0 Å². The second kappa shape index (κ2) is 4.76. The van der Waals surface area contributed by atoms with Crippen LogP contribution in [-0.2, 0) is 24.3 Å². The van der Waals surface area contributed by atoms with Gasteiger partial charge < -0.3 is 15.2 Å². The molecule has 5 atom stereocenters. The molecule has 0 aromatic carbocycles. The summed E-state index contributed by atoms with van der Waals surface area (Å²) in [6, 6.07) is -0.702. The third-order valence-electron chi connectivity index (χ3n) is 3.75. The number of ether oxygens (including phenoxy) is 2. The maximum absolute atomic E-state index is 11.9. The largest absolute Gasteiger partial charge is 0.468 e. The molecular formula is C10H18N2O5S. The molecular weight excluding hydrogens is 260 g/mol. The molecule has 1 aliphatic carbocycles. The molecule has 0 aromatic heterocycles. The first-order valence-electron chi connectivity index (χ1n) is 5.84. The Morgan fingerprint density at radius 1 is 1.56 bits per heavy atom. The van der Waals surface area contributed by atoms with E-state index in [1.54, 1.807) is 0 Å². The van der Waals surface area contributed by atoms with E-state index in [1.807, 2.05) is 0 Å². The van der Waals surface area contributed by atoms with Crippen molar-refractivity contribution in [2.75, 3.05) is 13.7 Å². The highest BCUT2D eigenvalue weighted by molar-refractivity contribution is 7.90. The highest BCUT2D eigenvalue weighted by atomic mass is 32.2. The van der Waals surface area contributed by atoms with Crippen molar-refractivity contribution in [3.63, 3.8) is 0 Å². The molecule has 2 fully saturated rings. The molecule has 8 heteroatoms. The molecule has 1 heterocycles. The Hall–Kier alpha value is -0.700. The van der Waals surface area contributed by atoms with Gasteiger partial charge in [0.2, 0.25) is 10.0 Å². The van der Waals surface area contributed by atoms with E-state index in [-0.39, 0.29) is 18.1 Å². The van der Waals surface area contributed by atoms with E-state index in [0.717, 1.165) is 13.5 Å². The number of hydrogen-bond acceptors (Lipinski definition) is 6. The summed E-state index contributed by atoms with van der Waals surface area (Å²) in [5.41, 5.74) is 5.90. The average molecular weight is 278 g/mol. The summed E-state index contributed by atoms with van der Waals surface area (Å²) in [6.45, 7) is 1.89. The molecule has 104 valence electrons. The van der Waals surface area contributed by atoms with Crippen LogP contribution in [0.25, 0.3) is 0 Å². The van der Waals surface area contributed by atoms with Gasteiger partial charge in [0.25, 0.3) is 0 Å². The molecule has 1 saturated heterocycles. The Bertz CT molecular complexity index is 438. The molecule has 7 nitrogen and oxygen atoms in total. The molecule has 0 spiro atoms. The summed E-state index contributed by atoms with van der Waals surface area (Å²) < 4.78 is 36.2. The molecule has 2 rings (SSSR count). The van der Waals surface area contributed by atoms with Gasteiger partial charge in [-0.2, -0.15) is 0 Å². The standard InChI is InChI=1S/C10H18N2O5S/c1-5(10(13)16-2)18(14,15)12-8-7(11)6-3-4-17-9(6)8/h5-9,12H,3-4,11H2,1-2H3. The molecule has 0 bridgehead atoms. The van der Waals surface area contributed by atoms with Crippen molar-refractivity contribution in [3.8, 4) is 0 Å². The van der Waals surface area contributed by atoms with Crippen LogP contribution in [0.15, 0.2) is 0 Å². The van der Waals surface area contributed by atoms with Crippen LogP contribution in [-0.4, -0.2) is 51.5 Å². The summed E-state index contributed by atoms with van der Waals surface area (Å²) in [4.78, 5) is 11.3. The van der Waals surface area contributed by atoms with Crippen LogP contribution in [0, 0.1) is 5.92 Å². The molecule has 5 unspecified atom stereocenters. The van der Waals surface area contributed by atoms with Gasteiger partial charge >= 0.3 is 5.97 Å². The lowest BCUT2D eigenvalue weighted by molar-refractivity contribution is -0.139. The second-order valence-electron chi connectivity index (χ2n) is 4.72. The fourth-order valence-corrected chi connectivity index (χ4v) is 3.70. The van der Waals surface area contributed by atoms with Crippen molar-refractivity contribution < 1.29 is 22.7 Å². The predicted molar refractivity (Wildman–Crippen MR) is 63.1 cm³/mol. The van der Waals surface area contributed by atoms with Gasteiger partial charge in [-0.25, -0.2) is 13.1 Å². The van der Waals surface area contributed by atoms with Crippen molar-refractivity contribution in [1.82, 2.24) is 4.72 Å². The fourth-order valence-electron chi connectivity index (χ4n) is 2.48. The summed E-state index contributed by atoms with van der Waals surface area (Å²) in [5, 5.41) is -1.25. The quantitative estimate of drug-likeness (QED) is 0.611. The van der Waals surface area contributed by atoms with Gasteiger partial charge in [0.15, 0.2) is 5.25 Å². The molecule has 1 saturated carbocycles. The Balaban J connectivity index is 2.03. The first-order valence-corrected chi connectivity index (χ1v) is 7.39. The monoisotopic (exact) mass is 278 g/mol. The number of sulfonamides is 1. The fraction of sp³-hybridized carbons (Fsp3) is 0.900. The van der Waals surface area contributed by atoms with Gasteiger partial charge in [-0.15, -0.1) is 0 Å². The topological polar surface area (TPSA) is 108 Å². The summed E-state index contributed by atoms with van der Waals surface area (Å²) in [7, 11) is -2.64. The lowest BCUT2D eigenvalue weighted by atomic mass is 9.73. The molecule has 1 aliphatic heterocycles. The molecule has 0 amide bonds. The summed E-state index contributed by atoms with van der Waals surface area (Å²) in [6.07, 6.45) is 0.691. The highest BCUT2D eigenvalue weighted by Crippen LogP contribution is 2.38. The normalized spacial score (nSPS) is 36.6. The van der Waals surface area contributed by atoms with Crippen LogP contribution < -0.4 is 10.5 Å². The number of nitrogens with one attached hydrogen (secondary N) is 1. The van der Waals surface area contributed by atoms with Crippen LogP contribution in [0.2, 0.25) is 0 Å². The van der Waals surface area contributed by atoms with E-state index < -0.39 is 27.3 Å². The van der Waals surface area contributed by atoms with E-state index in [1.165, 1.54) is 6.92 Å². The number of carbonyl (C=O) groups is 1. The number of rotatable bonds is 4. The number of nitrogens with two attached hydrogens (primary N) is 1. The van der Waals surface area contributed by atoms with E-state index in [2.05, 4.69) is 9.46 Å². The van der Waals surface area contributed by atoms with Crippen molar-refractivity contribution in [3.05, 3.63) is 0 Å². The van der Waals surface area contributed by atoms with Gasteiger partial charge in [-0.1, -0.05) is 0 Å². The van der Waals surface area contributed by atoms with Crippen molar-refractivity contribution >= 4 is 16.0 Å². The zero-order valence-corrected chi connectivity index (χ0v) is 11.1. The second-order valence-corrected chi connectivity index (χ2v) is 6.75. The Morgan fingerprint density at radius 2 is 2.22 bits per heavy atom. The first kappa shape index (κ1) is 13.7. The Morgan fingerprint density at radius 3 is 2.83 bits per heavy atom. The van der Waals surface area contributed by atoms with Crippen LogP contribution in [0.4, 0.5) is 0 Å². The lowest BCUT2D eigenvalue weighted by Crippen LogP contribution is -2.69. The molecule has 0 aromatic rings. The zero-order valence-electron chi connectivity index (χ0n) is 10.3. The number of carbonyl (C=O) groups excluding carboxylic acids is 1. The first-order chi connectivity index (χ1) is 8.38. The van der Waals surface area contributed by atoms with Crippen molar-refractivity contribution in [2.24, 2.45) is 11.7 Å². The number of fused-ring (bicyclic) bond motifs is 1. The van der Waals surface area contributed by atoms with E-state index in [0.29, 0.717) is 6.61 Å². The predicted octanol–water partition coefficient (Wildman–Crippen LogP) is -1.42.